The Balaban J connectivity index is 1.71. The van der Waals surface area contributed by atoms with Crippen LogP contribution in [0, 0.1) is 11.3 Å². The molecule has 3 rings (SSSR count). The molecule has 0 aliphatic heterocycles. The second-order valence-electron chi connectivity index (χ2n) is 6.73. The van der Waals surface area contributed by atoms with Gasteiger partial charge in [-0.15, -0.1) is 22.7 Å². The number of amides is 1. The summed E-state index contributed by atoms with van der Waals surface area (Å²) in [6.07, 6.45) is 1.12. The Kier molecular flexibility index (Phi) is 6.99. The number of hydrogen-bond donors (Lipinski definition) is 2. The molecule has 0 bridgehead atoms. The lowest BCUT2D eigenvalue weighted by molar-refractivity contribution is -0.675. The van der Waals surface area contributed by atoms with E-state index in [2.05, 4.69) is 66.3 Å². The molecule has 0 spiro atoms. The lowest BCUT2D eigenvalue weighted by Crippen LogP contribution is -2.87. The van der Waals surface area contributed by atoms with Crippen LogP contribution in [0.4, 0.5) is 5.00 Å². The first-order chi connectivity index (χ1) is 13.6. The molecule has 3 aromatic rings. The monoisotopic (exact) mass is 410 g/mol. The highest BCUT2D eigenvalue weighted by molar-refractivity contribution is 7.14. The number of carbonyl (C=O) groups excluding carboxylic acids is 1. The summed E-state index contributed by atoms with van der Waals surface area (Å²) < 4.78 is 0. The van der Waals surface area contributed by atoms with E-state index in [1.54, 1.807) is 17.4 Å². The minimum atomic E-state index is -0.100. The topological polar surface area (TPSA) is 69.5 Å². The number of nitrogens with zero attached hydrogens (tertiary/aromatic N) is 1. The molecule has 2 aromatic heterocycles. The Labute approximate surface area is 173 Å². The quantitative estimate of drug-likeness (QED) is 0.575. The van der Waals surface area contributed by atoms with Gasteiger partial charge in [0.25, 0.3) is 5.91 Å². The van der Waals surface area contributed by atoms with Crippen LogP contribution in [0.1, 0.15) is 53.8 Å². The van der Waals surface area contributed by atoms with Gasteiger partial charge in [0, 0.05) is 5.56 Å². The predicted octanol–water partition coefficient (Wildman–Crippen LogP) is 4.49. The van der Waals surface area contributed by atoms with Crippen molar-refractivity contribution in [3.8, 4) is 6.07 Å². The van der Waals surface area contributed by atoms with Crippen LogP contribution >= 0.6 is 22.7 Å². The molecule has 0 radical (unpaired) electrons. The SMILES string of the molecule is CC[C@@H](C)c1ccc([C@H]([NH2+]CC(=O)Nc2sccc2C#N)c2cccs2)cc1. The van der Waals surface area contributed by atoms with Crippen LogP contribution in [0.25, 0.3) is 0 Å². The Bertz CT molecular complexity index is 939. The van der Waals surface area contributed by atoms with Gasteiger partial charge < -0.3 is 10.6 Å². The Morgan fingerprint density at radius 2 is 1.89 bits per heavy atom. The average Bonchev–Trinajstić information content (AvgIpc) is 3.40. The fourth-order valence-corrected chi connectivity index (χ4v) is 4.65. The number of nitrogens with one attached hydrogen (secondary N) is 1. The minimum absolute atomic E-state index is 0.0792. The summed E-state index contributed by atoms with van der Waals surface area (Å²) in [6, 6.07) is 16.8. The zero-order chi connectivity index (χ0) is 19.9. The number of hydrogen-bond acceptors (Lipinski definition) is 4. The van der Waals surface area contributed by atoms with Crippen molar-refractivity contribution < 1.29 is 10.1 Å². The standard InChI is InChI=1S/C22H23N3OS2/c1-3-15(2)16-6-8-17(9-7-16)21(19-5-4-11-27-19)24-14-20(26)25-22-18(13-23)10-12-28-22/h4-12,15,21,24H,3,14H2,1-2H3,(H,25,26)/p+1/t15-,21+/m1/s1. The van der Waals surface area contributed by atoms with Crippen molar-refractivity contribution in [2.75, 3.05) is 11.9 Å². The van der Waals surface area contributed by atoms with Gasteiger partial charge in [-0.3, -0.25) is 4.79 Å². The summed E-state index contributed by atoms with van der Waals surface area (Å²) in [5.41, 5.74) is 3.04. The maximum atomic E-state index is 12.4. The van der Waals surface area contributed by atoms with E-state index < -0.39 is 0 Å². The number of nitriles is 1. The lowest BCUT2D eigenvalue weighted by atomic mass is 9.95. The normalized spacial score (nSPS) is 12.9. The third kappa shape index (κ3) is 4.87. The van der Waals surface area contributed by atoms with Crippen molar-refractivity contribution in [3.63, 3.8) is 0 Å². The van der Waals surface area contributed by atoms with Crippen molar-refractivity contribution >= 4 is 33.6 Å². The van der Waals surface area contributed by atoms with Crippen LogP contribution in [0.3, 0.4) is 0 Å². The first kappa shape index (κ1) is 20.3. The van der Waals surface area contributed by atoms with Gasteiger partial charge in [0.15, 0.2) is 6.54 Å². The number of carbonyl (C=O) groups is 1. The maximum Gasteiger partial charge on any atom is 0.280 e. The van der Waals surface area contributed by atoms with Gasteiger partial charge in [0.1, 0.15) is 17.1 Å². The largest absolute Gasteiger partial charge is 0.328 e. The molecule has 0 aliphatic carbocycles. The Morgan fingerprint density at radius 1 is 1.14 bits per heavy atom. The van der Waals surface area contributed by atoms with Crippen molar-refractivity contribution in [1.29, 1.82) is 5.26 Å². The smallest absolute Gasteiger partial charge is 0.280 e. The molecular formula is C22H24N3OS2+. The molecule has 3 N–H and O–H groups in total. The van der Waals surface area contributed by atoms with Gasteiger partial charge in [0.05, 0.1) is 10.4 Å². The van der Waals surface area contributed by atoms with Crippen LogP contribution in [0.15, 0.2) is 53.2 Å². The number of benzene rings is 1. The van der Waals surface area contributed by atoms with Crippen molar-refractivity contribution in [3.05, 3.63) is 74.8 Å². The fraction of sp³-hybridized carbons (Fsp3) is 0.273. The highest BCUT2D eigenvalue weighted by atomic mass is 32.1. The maximum absolute atomic E-state index is 12.4. The van der Waals surface area contributed by atoms with Gasteiger partial charge in [-0.05, 0) is 40.8 Å². The van der Waals surface area contributed by atoms with E-state index in [4.69, 9.17) is 5.26 Å². The average molecular weight is 411 g/mol. The van der Waals surface area contributed by atoms with E-state index in [1.807, 2.05) is 11.4 Å². The third-order valence-electron chi connectivity index (χ3n) is 4.90. The zero-order valence-electron chi connectivity index (χ0n) is 16.0. The van der Waals surface area contributed by atoms with E-state index in [9.17, 15) is 4.79 Å². The highest BCUT2D eigenvalue weighted by Gasteiger charge is 2.21. The number of quaternary nitrogens is 1. The minimum Gasteiger partial charge on any atom is -0.328 e. The molecule has 4 nitrogen and oxygen atoms in total. The Hall–Kier alpha value is -2.46. The summed E-state index contributed by atoms with van der Waals surface area (Å²) in [4.78, 5) is 13.6. The summed E-state index contributed by atoms with van der Waals surface area (Å²) in [6.45, 7) is 4.73. The number of anilines is 1. The van der Waals surface area contributed by atoms with E-state index in [-0.39, 0.29) is 11.9 Å². The molecule has 2 atom stereocenters. The molecule has 0 saturated carbocycles. The van der Waals surface area contributed by atoms with E-state index in [1.165, 1.54) is 27.3 Å². The summed E-state index contributed by atoms with van der Waals surface area (Å²) in [5, 5.41) is 18.5. The van der Waals surface area contributed by atoms with Crippen molar-refractivity contribution in [1.82, 2.24) is 0 Å². The van der Waals surface area contributed by atoms with Crippen LogP contribution in [-0.2, 0) is 4.79 Å². The van der Waals surface area contributed by atoms with E-state index >= 15 is 0 Å². The molecule has 0 unspecified atom stereocenters. The van der Waals surface area contributed by atoms with Gasteiger partial charge in [-0.25, -0.2) is 0 Å². The summed E-state index contributed by atoms with van der Waals surface area (Å²) in [7, 11) is 0. The van der Waals surface area contributed by atoms with Crippen LogP contribution in [0.2, 0.25) is 0 Å². The summed E-state index contributed by atoms with van der Waals surface area (Å²) in [5.74, 6) is 0.445. The molecular weight excluding hydrogens is 386 g/mol. The zero-order valence-corrected chi connectivity index (χ0v) is 17.6. The van der Waals surface area contributed by atoms with Gasteiger partial charge in [0.2, 0.25) is 0 Å². The third-order valence-corrected chi connectivity index (χ3v) is 6.69. The van der Waals surface area contributed by atoms with Crippen LogP contribution < -0.4 is 10.6 Å². The summed E-state index contributed by atoms with van der Waals surface area (Å²) >= 11 is 3.07. The first-order valence-corrected chi connectivity index (χ1v) is 11.1. The molecule has 6 heteroatoms. The number of nitrogens with two attached hydrogens (primary N) is 1. The van der Waals surface area contributed by atoms with E-state index in [0.29, 0.717) is 23.0 Å². The van der Waals surface area contributed by atoms with E-state index in [0.717, 1.165) is 6.42 Å². The molecule has 1 aromatic carbocycles. The molecule has 2 heterocycles. The molecule has 28 heavy (non-hydrogen) atoms. The highest BCUT2D eigenvalue weighted by Crippen LogP contribution is 2.26. The molecule has 144 valence electrons. The number of rotatable bonds is 8. The van der Waals surface area contributed by atoms with Crippen molar-refractivity contribution in [2.45, 2.75) is 32.2 Å². The second-order valence-corrected chi connectivity index (χ2v) is 8.63. The Morgan fingerprint density at radius 3 is 2.54 bits per heavy atom. The molecule has 0 aliphatic rings. The lowest BCUT2D eigenvalue weighted by Gasteiger charge is -2.16. The van der Waals surface area contributed by atoms with Gasteiger partial charge in [-0.1, -0.05) is 44.2 Å². The molecule has 0 saturated heterocycles. The van der Waals surface area contributed by atoms with Crippen LogP contribution in [-0.4, -0.2) is 12.5 Å². The van der Waals surface area contributed by atoms with Crippen LogP contribution in [0.5, 0.6) is 0 Å². The van der Waals surface area contributed by atoms with Gasteiger partial charge >= 0.3 is 0 Å². The predicted molar refractivity (Wildman–Crippen MR) is 116 cm³/mol. The molecule has 0 fully saturated rings. The first-order valence-electron chi connectivity index (χ1n) is 9.36. The fourth-order valence-electron chi connectivity index (χ4n) is 3.05. The second kappa shape index (κ2) is 9.65. The molecule has 1 amide bonds. The van der Waals surface area contributed by atoms with Gasteiger partial charge in [-0.2, -0.15) is 5.26 Å². The number of thiophene rings is 2. The van der Waals surface area contributed by atoms with Crippen molar-refractivity contribution in [2.24, 2.45) is 0 Å².